The third-order valence-electron chi connectivity index (χ3n) is 6.23. The van der Waals surface area contributed by atoms with Gasteiger partial charge in [-0.05, 0) is 35.9 Å². The Labute approximate surface area is 220 Å². The van der Waals surface area contributed by atoms with Gasteiger partial charge in [0.1, 0.15) is 11.8 Å². The van der Waals surface area contributed by atoms with E-state index in [0.29, 0.717) is 15.5 Å². The minimum atomic E-state index is -4.59. The normalized spacial score (nSPS) is 20.5. The zero-order valence-corrected chi connectivity index (χ0v) is 21.0. The smallest absolute Gasteiger partial charge is 0.416 e. The van der Waals surface area contributed by atoms with Crippen LogP contribution in [0.15, 0.2) is 52.3 Å². The summed E-state index contributed by atoms with van der Waals surface area (Å²) in [5, 5.41) is 14.1. The number of nitrogens with one attached hydrogen (secondary N) is 2. The van der Waals surface area contributed by atoms with Crippen LogP contribution < -0.4 is 20.2 Å². The largest absolute Gasteiger partial charge is 0.504 e. The first-order valence-corrected chi connectivity index (χ1v) is 12.8. The van der Waals surface area contributed by atoms with Crippen LogP contribution >= 0.6 is 23.1 Å². The lowest BCUT2D eigenvalue weighted by Gasteiger charge is -2.31. The molecule has 2 unspecified atom stereocenters. The van der Waals surface area contributed by atoms with Gasteiger partial charge in [-0.15, -0.1) is 0 Å². The predicted molar refractivity (Wildman–Crippen MR) is 131 cm³/mol. The van der Waals surface area contributed by atoms with Gasteiger partial charge in [0, 0.05) is 16.5 Å². The number of rotatable bonds is 5. The number of phenols is 1. The number of fused-ring (bicyclic) bond motifs is 2. The van der Waals surface area contributed by atoms with Gasteiger partial charge in [0.05, 0.1) is 23.6 Å². The summed E-state index contributed by atoms with van der Waals surface area (Å²) in [4.78, 5) is 51.0. The zero-order chi connectivity index (χ0) is 27.4. The van der Waals surface area contributed by atoms with E-state index in [4.69, 9.17) is 4.74 Å². The number of thiazole rings is 1. The van der Waals surface area contributed by atoms with Crippen LogP contribution in [0.3, 0.4) is 0 Å². The van der Waals surface area contributed by atoms with Crippen molar-refractivity contribution in [1.82, 2.24) is 9.88 Å². The number of methoxy groups -OCH3 is 1. The Kier molecular flexibility index (Phi) is 6.47. The van der Waals surface area contributed by atoms with E-state index in [0.717, 1.165) is 45.9 Å². The topological polar surface area (TPSA) is 127 Å². The standard InChI is InChI=1S/C24H18F3N3O6S2/c1-36-14-7-10(5-6-13(14)31)16-17-18(21(34)29-20(17)33)37-22-19(16)38-23(35)30(22)9-15(32)28-12-4-2-3-11(8-12)24(25,26)27/h2-8,16-18,31H,9H2,1H3,(H,28,32)(H,29,33,34)/t16-,17?,18?/m0/s1. The first kappa shape index (κ1) is 25.9. The number of aromatic nitrogens is 1. The van der Waals surface area contributed by atoms with Gasteiger partial charge in [0.15, 0.2) is 11.5 Å². The number of halogens is 3. The van der Waals surface area contributed by atoms with E-state index in [9.17, 15) is 37.5 Å². The first-order chi connectivity index (χ1) is 18.0. The minimum absolute atomic E-state index is 0.0930. The Hall–Kier alpha value is -3.78. The van der Waals surface area contributed by atoms with Gasteiger partial charge in [0.2, 0.25) is 17.7 Å². The molecule has 9 nitrogen and oxygen atoms in total. The molecule has 0 spiro atoms. The SMILES string of the molecule is COc1cc([C@@H]2c3sc(=O)n(CC(=O)Nc4cccc(C(F)(F)F)c4)c3SC3C(=O)NC(=O)C32)ccc1O. The fourth-order valence-electron chi connectivity index (χ4n) is 4.54. The Morgan fingerprint density at radius 3 is 2.63 bits per heavy atom. The third kappa shape index (κ3) is 4.53. The summed E-state index contributed by atoms with van der Waals surface area (Å²) in [6.07, 6.45) is -4.59. The molecule has 2 aliphatic heterocycles. The summed E-state index contributed by atoms with van der Waals surface area (Å²) in [6.45, 7) is -0.521. The van der Waals surface area contributed by atoms with Gasteiger partial charge in [-0.2, -0.15) is 13.2 Å². The second kappa shape index (κ2) is 9.51. The molecule has 5 rings (SSSR count). The number of ether oxygens (including phenoxy) is 1. The van der Waals surface area contributed by atoms with Crippen LogP contribution in [0.25, 0.3) is 0 Å². The van der Waals surface area contributed by atoms with Crippen LogP contribution in [0, 0.1) is 5.92 Å². The van der Waals surface area contributed by atoms with Crippen molar-refractivity contribution in [2.75, 3.05) is 12.4 Å². The summed E-state index contributed by atoms with van der Waals surface area (Å²) < 4.78 is 45.4. The van der Waals surface area contributed by atoms with Crippen LogP contribution in [-0.4, -0.2) is 39.8 Å². The molecule has 14 heteroatoms. The van der Waals surface area contributed by atoms with Gasteiger partial charge < -0.3 is 15.2 Å². The van der Waals surface area contributed by atoms with E-state index in [1.54, 1.807) is 6.07 Å². The number of alkyl halides is 3. The highest BCUT2D eigenvalue weighted by atomic mass is 32.2. The van der Waals surface area contributed by atoms with E-state index >= 15 is 0 Å². The lowest BCUT2D eigenvalue weighted by atomic mass is 9.83. The number of carbonyl (C=O) groups is 3. The fourth-order valence-corrected chi connectivity index (χ4v) is 7.28. The van der Waals surface area contributed by atoms with Crippen molar-refractivity contribution in [3.8, 4) is 11.5 Å². The lowest BCUT2D eigenvalue weighted by molar-refractivity contribution is -0.137. The van der Waals surface area contributed by atoms with Gasteiger partial charge in [-0.3, -0.25) is 29.1 Å². The molecular weight excluding hydrogens is 547 g/mol. The number of hydrogen-bond donors (Lipinski definition) is 3. The number of thioether (sulfide) groups is 1. The number of benzene rings is 2. The summed E-state index contributed by atoms with van der Waals surface area (Å²) in [5.74, 6) is -3.39. The predicted octanol–water partition coefficient (Wildman–Crippen LogP) is 3.16. The van der Waals surface area contributed by atoms with Gasteiger partial charge >= 0.3 is 11.0 Å². The molecule has 1 aromatic heterocycles. The van der Waals surface area contributed by atoms with E-state index in [-0.39, 0.29) is 17.2 Å². The van der Waals surface area contributed by atoms with Crippen molar-refractivity contribution in [2.24, 2.45) is 5.92 Å². The first-order valence-electron chi connectivity index (χ1n) is 11.1. The van der Waals surface area contributed by atoms with Crippen molar-refractivity contribution >= 4 is 46.5 Å². The van der Waals surface area contributed by atoms with Gasteiger partial charge in [0.25, 0.3) is 0 Å². The Morgan fingerprint density at radius 1 is 1.16 bits per heavy atom. The molecule has 2 aromatic carbocycles. The summed E-state index contributed by atoms with van der Waals surface area (Å²) in [7, 11) is 1.35. The van der Waals surface area contributed by atoms with Crippen molar-refractivity contribution in [3.05, 3.63) is 68.1 Å². The molecule has 38 heavy (non-hydrogen) atoms. The zero-order valence-electron chi connectivity index (χ0n) is 19.4. The summed E-state index contributed by atoms with van der Waals surface area (Å²) in [6, 6.07) is 8.55. The van der Waals surface area contributed by atoms with Crippen LogP contribution in [0.2, 0.25) is 0 Å². The molecule has 3 amide bonds. The number of phenolic OH excluding ortho intramolecular Hbond substituents is 1. The van der Waals surface area contributed by atoms with Crippen LogP contribution in [0.1, 0.15) is 21.9 Å². The minimum Gasteiger partial charge on any atom is -0.504 e. The molecule has 0 radical (unpaired) electrons. The molecule has 3 atom stereocenters. The van der Waals surface area contributed by atoms with E-state index in [1.807, 2.05) is 0 Å². The van der Waals surface area contributed by atoms with Gasteiger partial charge in [-0.1, -0.05) is 35.2 Å². The molecule has 1 fully saturated rings. The summed E-state index contributed by atoms with van der Waals surface area (Å²) in [5.41, 5.74) is -0.515. The highest BCUT2D eigenvalue weighted by Gasteiger charge is 2.53. The van der Waals surface area contributed by atoms with E-state index in [2.05, 4.69) is 10.6 Å². The molecule has 0 bridgehead atoms. The number of hydrogen-bond acceptors (Lipinski definition) is 8. The average molecular weight is 566 g/mol. The quantitative estimate of drug-likeness (QED) is 0.406. The number of imide groups is 1. The second-order valence-electron chi connectivity index (χ2n) is 8.58. The van der Waals surface area contributed by atoms with Crippen LogP contribution in [-0.2, 0) is 27.1 Å². The maximum atomic E-state index is 13.0. The van der Waals surface area contributed by atoms with Crippen molar-refractivity contribution in [1.29, 1.82) is 0 Å². The average Bonchev–Trinajstić information content (AvgIpc) is 3.32. The fraction of sp³-hybridized carbons (Fsp3) is 0.250. The molecule has 0 aliphatic carbocycles. The number of carbonyl (C=O) groups excluding carboxylic acids is 3. The van der Waals surface area contributed by atoms with Crippen molar-refractivity contribution in [3.63, 3.8) is 0 Å². The number of nitrogens with zero attached hydrogens (tertiary/aromatic N) is 1. The van der Waals surface area contributed by atoms with E-state index < -0.39 is 58.0 Å². The van der Waals surface area contributed by atoms with Crippen molar-refractivity contribution in [2.45, 2.75) is 28.9 Å². The Bertz CT molecular complexity index is 1530. The molecule has 1 saturated heterocycles. The van der Waals surface area contributed by atoms with Gasteiger partial charge in [-0.25, -0.2) is 0 Å². The van der Waals surface area contributed by atoms with E-state index in [1.165, 1.54) is 25.3 Å². The Morgan fingerprint density at radius 2 is 1.92 bits per heavy atom. The molecular formula is C24H18F3N3O6S2. The molecule has 3 N–H and O–H groups in total. The molecule has 3 aromatic rings. The molecule has 3 heterocycles. The molecule has 198 valence electrons. The third-order valence-corrected chi connectivity index (χ3v) is 8.84. The van der Waals surface area contributed by atoms with Crippen LogP contribution in [0.5, 0.6) is 11.5 Å². The number of anilines is 1. The highest BCUT2D eigenvalue weighted by Crippen LogP contribution is 2.52. The molecule has 2 aliphatic rings. The van der Waals surface area contributed by atoms with Crippen molar-refractivity contribution < 1.29 is 37.4 Å². The number of aromatic hydroxyl groups is 1. The van der Waals surface area contributed by atoms with Crippen LogP contribution in [0.4, 0.5) is 18.9 Å². The highest BCUT2D eigenvalue weighted by molar-refractivity contribution is 8.00. The maximum Gasteiger partial charge on any atom is 0.416 e. The Balaban J connectivity index is 1.51. The second-order valence-corrected chi connectivity index (χ2v) is 10.7. The maximum absolute atomic E-state index is 13.0. The lowest BCUT2D eigenvalue weighted by Crippen LogP contribution is -2.32. The monoisotopic (exact) mass is 565 g/mol. The number of amides is 3. The summed E-state index contributed by atoms with van der Waals surface area (Å²) >= 11 is 1.79. The molecule has 0 saturated carbocycles.